The van der Waals surface area contributed by atoms with E-state index in [1.54, 1.807) is 17.7 Å². The third-order valence-corrected chi connectivity index (χ3v) is 3.77. The van der Waals surface area contributed by atoms with E-state index in [-0.39, 0.29) is 5.03 Å². The summed E-state index contributed by atoms with van der Waals surface area (Å²) in [5.41, 5.74) is 0. The maximum atomic E-state index is 11.8. The van der Waals surface area contributed by atoms with Crippen LogP contribution in [0, 0.1) is 6.92 Å². The molecule has 0 bridgehead atoms. The number of rotatable bonds is 6. The van der Waals surface area contributed by atoms with Crippen LogP contribution in [0.5, 0.6) is 0 Å². The minimum atomic E-state index is -3.48. The average molecular weight is 266 g/mol. The third kappa shape index (κ3) is 3.20. The van der Waals surface area contributed by atoms with Crippen molar-refractivity contribution in [3.8, 4) is 0 Å². The molecular weight excluding hydrogens is 250 g/mol. The first-order chi connectivity index (χ1) is 7.51. The molecule has 1 rings (SSSR count). The van der Waals surface area contributed by atoms with E-state index < -0.39 is 10.0 Å². The number of nitrogens with one attached hydrogen (secondary N) is 1. The highest BCUT2D eigenvalue weighted by atomic mass is 35.5. The van der Waals surface area contributed by atoms with Crippen LogP contribution in [0.25, 0.3) is 0 Å². The number of aryl methyl sites for hydroxylation is 2. The van der Waals surface area contributed by atoms with Crippen LogP contribution in [0.2, 0.25) is 0 Å². The average Bonchev–Trinajstić information content (AvgIpc) is 2.60. The summed E-state index contributed by atoms with van der Waals surface area (Å²) in [5, 5.41) is 0.0708. The molecule has 0 spiro atoms. The van der Waals surface area contributed by atoms with E-state index in [9.17, 15) is 8.42 Å². The smallest absolute Gasteiger partial charge is 0.259 e. The number of aromatic nitrogens is 2. The molecule has 0 aliphatic carbocycles. The van der Waals surface area contributed by atoms with Gasteiger partial charge in [-0.1, -0.05) is 0 Å². The van der Waals surface area contributed by atoms with Crippen LogP contribution in [0.15, 0.2) is 11.2 Å². The maximum absolute atomic E-state index is 11.8. The van der Waals surface area contributed by atoms with E-state index >= 15 is 0 Å². The van der Waals surface area contributed by atoms with Gasteiger partial charge in [0.2, 0.25) is 0 Å². The molecule has 1 heterocycles. The quantitative estimate of drug-likeness (QED) is 0.619. The number of sulfonamides is 1. The Kier molecular flexibility index (Phi) is 4.76. The van der Waals surface area contributed by atoms with Gasteiger partial charge in [-0.2, -0.15) is 0 Å². The second kappa shape index (κ2) is 5.65. The standard InChI is InChI=1S/C9H16ClN3O2S/c1-3-13-7-9(12-8(13)2)16(14,15)11-6-4-5-10/h7,11H,3-6H2,1-2H3. The second-order valence-corrected chi connectivity index (χ2v) is 5.44. The van der Waals surface area contributed by atoms with E-state index in [0.29, 0.717) is 31.2 Å². The number of hydrogen-bond donors (Lipinski definition) is 1. The summed E-state index contributed by atoms with van der Waals surface area (Å²) >= 11 is 5.47. The number of nitrogens with zero attached hydrogens (tertiary/aromatic N) is 2. The van der Waals surface area contributed by atoms with Crippen LogP contribution in [-0.2, 0) is 16.6 Å². The predicted octanol–water partition coefficient (Wildman–Crippen LogP) is 1.12. The zero-order valence-corrected chi connectivity index (χ0v) is 11.0. The Morgan fingerprint density at radius 2 is 2.25 bits per heavy atom. The number of halogens is 1. The first-order valence-electron chi connectivity index (χ1n) is 5.10. The van der Waals surface area contributed by atoms with Crippen LogP contribution in [0.1, 0.15) is 19.2 Å². The van der Waals surface area contributed by atoms with E-state index in [0.717, 1.165) is 0 Å². The lowest BCUT2D eigenvalue weighted by Crippen LogP contribution is -2.25. The van der Waals surface area contributed by atoms with Crippen LogP contribution in [0.4, 0.5) is 0 Å². The van der Waals surface area contributed by atoms with Gasteiger partial charge in [-0.05, 0) is 20.3 Å². The minimum Gasteiger partial charge on any atom is -0.334 e. The molecule has 0 radical (unpaired) electrons. The summed E-state index contributed by atoms with van der Waals surface area (Å²) in [4.78, 5) is 4.01. The highest BCUT2D eigenvalue weighted by Crippen LogP contribution is 2.08. The summed E-state index contributed by atoms with van der Waals surface area (Å²) in [5.74, 6) is 1.13. The van der Waals surface area contributed by atoms with Gasteiger partial charge in [-0.25, -0.2) is 18.1 Å². The lowest BCUT2D eigenvalue weighted by Gasteiger charge is -2.01. The summed E-state index contributed by atoms with van der Waals surface area (Å²) in [7, 11) is -3.48. The lowest BCUT2D eigenvalue weighted by molar-refractivity contribution is 0.577. The molecule has 0 aromatic carbocycles. The zero-order valence-electron chi connectivity index (χ0n) is 9.40. The SMILES string of the molecule is CCn1cc(S(=O)(=O)NCCCCl)nc1C. The second-order valence-electron chi connectivity index (χ2n) is 3.35. The Balaban J connectivity index is 2.81. The molecule has 1 N–H and O–H groups in total. The Bertz CT molecular complexity index is 442. The van der Waals surface area contributed by atoms with E-state index in [1.165, 1.54) is 0 Å². The number of alkyl halides is 1. The molecule has 16 heavy (non-hydrogen) atoms. The van der Waals surface area contributed by atoms with Crippen molar-refractivity contribution in [1.29, 1.82) is 0 Å². The molecule has 0 atom stereocenters. The molecule has 0 aliphatic rings. The third-order valence-electron chi connectivity index (χ3n) is 2.17. The van der Waals surface area contributed by atoms with Gasteiger partial charge in [0, 0.05) is 25.2 Å². The molecule has 0 saturated heterocycles. The molecular formula is C9H16ClN3O2S. The summed E-state index contributed by atoms with van der Waals surface area (Å²) < 4.78 is 27.8. The van der Waals surface area contributed by atoms with Gasteiger partial charge in [-0.15, -0.1) is 11.6 Å². The Labute approximate surface area is 101 Å². The van der Waals surface area contributed by atoms with E-state index in [4.69, 9.17) is 11.6 Å². The van der Waals surface area contributed by atoms with Gasteiger partial charge in [0.1, 0.15) is 5.82 Å². The molecule has 1 aromatic rings. The Morgan fingerprint density at radius 3 is 2.75 bits per heavy atom. The van der Waals surface area contributed by atoms with Crippen molar-refractivity contribution in [3.63, 3.8) is 0 Å². The van der Waals surface area contributed by atoms with E-state index in [1.807, 2.05) is 6.92 Å². The molecule has 5 nitrogen and oxygen atoms in total. The molecule has 92 valence electrons. The first-order valence-corrected chi connectivity index (χ1v) is 7.12. The first kappa shape index (κ1) is 13.5. The molecule has 0 saturated carbocycles. The molecule has 0 amide bonds. The van der Waals surface area contributed by atoms with Gasteiger partial charge in [0.25, 0.3) is 10.0 Å². The summed E-state index contributed by atoms with van der Waals surface area (Å²) in [6.45, 7) is 4.76. The summed E-state index contributed by atoms with van der Waals surface area (Å²) in [6, 6.07) is 0. The molecule has 0 fully saturated rings. The molecule has 1 aromatic heterocycles. The fraction of sp³-hybridized carbons (Fsp3) is 0.667. The van der Waals surface area contributed by atoms with Gasteiger partial charge in [-0.3, -0.25) is 0 Å². The predicted molar refractivity (Wildman–Crippen MR) is 63.2 cm³/mol. The van der Waals surface area contributed by atoms with Gasteiger partial charge >= 0.3 is 0 Å². The van der Waals surface area contributed by atoms with Crippen LogP contribution < -0.4 is 4.72 Å². The van der Waals surface area contributed by atoms with Crippen molar-refractivity contribution in [2.75, 3.05) is 12.4 Å². The zero-order chi connectivity index (χ0) is 12.2. The van der Waals surface area contributed by atoms with Crippen LogP contribution >= 0.6 is 11.6 Å². The molecule has 7 heteroatoms. The number of hydrogen-bond acceptors (Lipinski definition) is 3. The highest BCUT2D eigenvalue weighted by Gasteiger charge is 2.17. The van der Waals surface area contributed by atoms with Crippen molar-refractivity contribution in [3.05, 3.63) is 12.0 Å². The minimum absolute atomic E-state index is 0.0708. The Hall–Kier alpha value is -0.590. The number of imidazole rings is 1. The largest absolute Gasteiger partial charge is 0.334 e. The fourth-order valence-corrected chi connectivity index (χ4v) is 2.49. The van der Waals surface area contributed by atoms with Crippen molar-refractivity contribution >= 4 is 21.6 Å². The van der Waals surface area contributed by atoms with E-state index in [2.05, 4.69) is 9.71 Å². The fourth-order valence-electron chi connectivity index (χ4n) is 1.28. The summed E-state index contributed by atoms with van der Waals surface area (Å²) in [6.07, 6.45) is 2.15. The maximum Gasteiger partial charge on any atom is 0.259 e. The highest BCUT2D eigenvalue weighted by molar-refractivity contribution is 7.89. The van der Waals surface area contributed by atoms with Crippen LogP contribution in [-0.4, -0.2) is 30.4 Å². The monoisotopic (exact) mass is 265 g/mol. The van der Waals surface area contributed by atoms with Gasteiger partial charge < -0.3 is 4.57 Å². The molecule has 0 unspecified atom stereocenters. The van der Waals surface area contributed by atoms with Gasteiger partial charge in [0.05, 0.1) is 0 Å². The Morgan fingerprint density at radius 1 is 1.56 bits per heavy atom. The molecule has 0 aliphatic heterocycles. The van der Waals surface area contributed by atoms with Crippen molar-refractivity contribution in [2.45, 2.75) is 31.8 Å². The van der Waals surface area contributed by atoms with Crippen molar-refractivity contribution in [1.82, 2.24) is 14.3 Å². The van der Waals surface area contributed by atoms with Crippen molar-refractivity contribution in [2.24, 2.45) is 0 Å². The van der Waals surface area contributed by atoms with Crippen LogP contribution in [0.3, 0.4) is 0 Å². The van der Waals surface area contributed by atoms with Crippen molar-refractivity contribution < 1.29 is 8.42 Å². The van der Waals surface area contributed by atoms with Gasteiger partial charge in [0.15, 0.2) is 5.03 Å². The lowest BCUT2D eigenvalue weighted by atomic mass is 10.5. The topological polar surface area (TPSA) is 64.0 Å². The normalized spacial score (nSPS) is 11.9.